The van der Waals surface area contributed by atoms with Crippen LogP contribution in [0, 0.1) is 0 Å². The second kappa shape index (κ2) is 3.67. The summed E-state index contributed by atoms with van der Waals surface area (Å²) in [5, 5.41) is 3.32. The fourth-order valence-corrected chi connectivity index (χ4v) is 2.78. The molecule has 0 spiro atoms. The first-order valence-corrected chi connectivity index (χ1v) is 5.23. The summed E-state index contributed by atoms with van der Waals surface area (Å²) in [4.78, 5) is 11.8. The van der Waals surface area contributed by atoms with Crippen LogP contribution in [0.4, 0.5) is 5.69 Å². The van der Waals surface area contributed by atoms with Crippen molar-refractivity contribution >= 4 is 24.1 Å². The molecule has 0 bridgehead atoms. The van der Waals surface area contributed by atoms with Gasteiger partial charge in [-0.15, -0.1) is 12.4 Å². The molecule has 1 saturated carbocycles. The molecule has 0 amide bonds. The maximum absolute atomic E-state index is 11.8. The first kappa shape index (κ1) is 11.3. The van der Waals surface area contributed by atoms with Crippen LogP contribution in [0.2, 0.25) is 0 Å². The van der Waals surface area contributed by atoms with Gasteiger partial charge in [0.05, 0.1) is 7.11 Å². The van der Waals surface area contributed by atoms with Gasteiger partial charge >= 0.3 is 5.97 Å². The molecule has 1 heterocycles. The molecule has 2 atom stereocenters. The zero-order valence-corrected chi connectivity index (χ0v) is 9.84. The van der Waals surface area contributed by atoms with Gasteiger partial charge in [0.1, 0.15) is 5.54 Å². The molecule has 1 aromatic carbocycles. The third-order valence-corrected chi connectivity index (χ3v) is 3.67. The van der Waals surface area contributed by atoms with Crippen molar-refractivity contribution in [1.29, 1.82) is 0 Å². The molecule has 1 aliphatic heterocycles. The number of ether oxygens (including phenoxy) is 1. The highest BCUT2D eigenvalue weighted by Crippen LogP contribution is 2.55. The van der Waals surface area contributed by atoms with E-state index < -0.39 is 5.54 Å². The lowest BCUT2D eigenvalue weighted by Crippen LogP contribution is -2.54. The van der Waals surface area contributed by atoms with Crippen molar-refractivity contribution in [2.24, 2.45) is 0 Å². The maximum Gasteiger partial charge on any atom is 0.332 e. The van der Waals surface area contributed by atoms with Crippen LogP contribution in [0.25, 0.3) is 0 Å². The van der Waals surface area contributed by atoms with Crippen LogP contribution < -0.4 is 5.32 Å². The average Bonchev–Trinajstić information content (AvgIpc) is 2.46. The van der Waals surface area contributed by atoms with E-state index in [1.165, 1.54) is 12.7 Å². The minimum atomic E-state index is -0.460. The van der Waals surface area contributed by atoms with Crippen LogP contribution in [-0.4, -0.2) is 18.6 Å². The van der Waals surface area contributed by atoms with Crippen molar-refractivity contribution < 1.29 is 9.53 Å². The number of carbonyl (C=O) groups excluding carboxylic acids is 1. The number of para-hydroxylation sites is 1. The van der Waals surface area contributed by atoms with Crippen molar-refractivity contribution in [3.63, 3.8) is 0 Å². The van der Waals surface area contributed by atoms with Gasteiger partial charge in [0.2, 0.25) is 0 Å². The summed E-state index contributed by atoms with van der Waals surface area (Å²) in [6.07, 6.45) is 1.94. The molecule has 1 aromatic rings. The molecule has 2 aliphatic rings. The minimum absolute atomic E-state index is 0. The molecule has 4 heteroatoms. The number of esters is 1. The van der Waals surface area contributed by atoms with Crippen molar-refractivity contribution in [3.05, 3.63) is 29.8 Å². The van der Waals surface area contributed by atoms with E-state index in [9.17, 15) is 4.79 Å². The maximum atomic E-state index is 11.8. The highest BCUT2D eigenvalue weighted by Gasteiger charge is 2.58. The zero-order chi connectivity index (χ0) is 10.5. The predicted molar refractivity (Wildman–Crippen MR) is 64.0 cm³/mol. The van der Waals surface area contributed by atoms with Crippen LogP contribution in [-0.2, 0) is 9.53 Å². The quantitative estimate of drug-likeness (QED) is 0.765. The van der Waals surface area contributed by atoms with Gasteiger partial charge in [0.25, 0.3) is 0 Å². The molecule has 86 valence electrons. The van der Waals surface area contributed by atoms with Gasteiger partial charge in [-0.05, 0) is 24.5 Å². The van der Waals surface area contributed by atoms with Gasteiger partial charge in [0, 0.05) is 11.6 Å². The van der Waals surface area contributed by atoms with Gasteiger partial charge < -0.3 is 10.1 Å². The molecule has 0 radical (unpaired) electrons. The Balaban J connectivity index is 0.000000963. The topological polar surface area (TPSA) is 38.3 Å². The largest absolute Gasteiger partial charge is 0.467 e. The van der Waals surface area contributed by atoms with Crippen molar-refractivity contribution in [2.45, 2.75) is 24.3 Å². The third kappa shape index (κ3) is 1.18. The number of fused-ring (bicyclic) bond motifs is 3. The summed E-state index contributed by atoms with van der Waals surface area (Å²) in [7, 11) is 1.46. The normalized spacial score (nSPS) is 28.9. The van der Waals surface area contributed by atoms with E-state index in [1.54, 1.807) is 0 Å². The van der Waals surface area contributed by atoms with E-state index in [0.29, 0.717) is 5.92 Å². The molecule has 1 aliphatic carbocycles. The van der Waals surface area contributed by atoms with E-state index in [4.69, 9.17) is 4.74 Å². The number of benzene rings is 1. The monoisotopic (exact) mass is 239 g/mol. The van der Waals surface area contributed by atoms with Crippen molar-refractivity contribution in [2.75, 3.05) is 12.4 Å². The Hall–Kier alpha value is -1.22. The molecule has 0 unspecified atom stereocenters. The van der Waals surface area contributed by atoms with Gasteiger partial charge in [-0.3, -0.25) is 0 Å². The molecular weight excluding hydrogens is 226 g/mol. The number of carbonyl (C=O) groups is 1. The van der Waals surface area contributed by atoms with E-state index in [2.05, 4.69) is 11.4 Å². The second-order valence-corrected chi connectivity index (χ2v) is 4.27. The molecule has 0 saturated heterocycles. The lowest BCUT2D eigenvalue weighted by molar-refractivity contribution is -0.149. The number of methoxy groups -OCH3 is 1. The van der Waals surface area contributed by atoms with E-state index in [-0.39, 0.29) is 18.4 Å². The Kier molecular flexibility index (Phi) is 2.58. The highest BCUT2D eigenvalue weighted by atomic mass is 35.5. The Morgan fingerprint density at radius 1 is 1.50 bits per heavy atom. The van der Waals surface area contributed by atoms with Crippen LogP contribution >= 0.6 is 12.4 Å². The molecule has 1 N–H and O–H groups in total. The highest BCUT2D eigenvalue weighted by molar-refractivity contribution is 5.91. The first-order chi connectivity index (χ1) is 7.28. The summed E-state index contributed by atoms with van der Waals surface area (Å²) >= 11 is 0. The van der Waals surface area contributed by atoms with Crippen LogP contribution in [0.5, 0.6) is 0 Å². The lowest BCUT2D eigenvalue weighted by Gasteiger charge is -2.42. The third-order valence-electron chi connectivity index (χ3n) is 3.67. The summed E-state index contributed by atoms with van der Waals surface area (Å²) in [5.74, 6) is 0.177. The number of anilines is 1. The average molecular weight is 240 g/mol. The fourth-order valence-electron chi connectivity index (χ4n) is 2.78. The van der Waals surface area contributed by atoms with Gasteiger partial charge in [-0.2, -0.15) is 0 Å². The number of hydrogen-bond donors (Lipinski definition) is 1. The predicted octanol–water partition coefficient (Wildman–Crippen LogP) is 2.32. The smallest absolute Gasteiger partial charge is 0.332 e. The first-order valence-electron chi connectivity index (χ1n) is 5.23. The Labute approximate surface area is 101 Å². The number of hydrogen-bond acceptors (Lipinski definition) is 3. The van der Waals surface area contributed by atoms with E-state index >= 15 is 0 Å². The van der Waals surface area contributed by atoms with Crippen molar-refractivity contribution in [3.8, 4) is 0 Å². The molecular formula is C12H14ClNO2. The molecule has 3 rings (SSSR count). The van der Waals surface area contributed by atoms with Crippen molar-refractivity contribution in [1.82, 2.24) is 0 Å². The number of nitrogens with one attached hydrogen (secondary N) is 1. The number of rotatable bonds is 1. The Bertz CT molecular complexity index is 435. The number of halogens is 1. The standard InChI is InChI=1S/C12H13NO2.ClH/c1-15-11(14)12-7-6-9(12)8-4-2-3-5-10(8)13-12;/h2-5,9,13H,6-7H2,1H3;1H/t9-,12-;/m0./s1. The molecule has 0 aromatic heterocycles. The summed E-state index contributed by atoms with van der Waals surface area (Å²) in [6.45, 7) is 0. The second-order valence-electron chi connectivity index (χ2n) is 4.27. The van der Waals surface area contributed by atoms with Crippen LogP contribution in [0.15, 0.2) is 24.3 Å². The summed E-state index contributed by atoms with van der Waals surface area (Å²) in [5.41, 5.74) is 1.89. The van der Waals surface area contributed by atoms with Crippen LogP contribution in [0.3, 0.4) is 0 Å². The van der Waals surface area contributed by atoms with E-state index in [1.807, 2.05) is 18.2 Å². The SMILES string of the molecule is COC(=O)[C@]12CC[C@H]1c1ccccc1N2.Cl. The minimum Gasteiger partial charge on any atom is -0.467 e. The van der Waals surface area contributed by atoms with Crippen LogP contribution in [0.1, 0.15) is 24.3 Å². The lowest BCUT2D eigenvalue weighted by atomic mass is 9.66. The Morgan fingerprint density at radius 3 is 2.88 bits per heavy atom. The summed E-state index contributed by atoms with van der Waals surface area (Å²) < 4.78 is 4.89. The van der Waals surface area contributed by atoms with Gasteiger partial charge in [-0.1, -0.05) is 18.2 Å². The van der Waals surface area contributed by atoms with E-state index in [0.717, 1.165) is 18.5 Å². The zero-order valence-electron chi connectivity index (χ0n) is 9.03. The van der Waals surface area contributed by atoms with Gasteiger partial charge in [-0.25, -0.2) is 4.79 Å². The fraction of sp³-hybridized carbons (Fsp3) is 0.417. The Morgan fingerprint density at radius 2 is 2.25 bits per heavy atom. The van der Waals surface area contributed by atoms with Gasteiger partial charge in [0.15, 0.2) is 0 Å². The molecule has 16 heavy (non-hydrogen) atoms. The molecule has 1 fully saturated rings. The molecule has 3 nitrogen and oxygen atoms in total. The summed E-state index contributed by atoms with van der Waals surface area (Å²) in [6, 6.07) is 8.13.